The lowest BCUT2D eigenvalue weighted by Crippen LogP contribution is -1.80. The van der Waals surface area contributed by atoms with E-state index in [0.717, 1.165) is 11.5 Å². The van der Waals surface area contributed by atoms with Crippen LogP contribution >= 0.6 is 11.5 Å². The Kier molecular flexibility index (Phi) is 1.53. The van der Waals surface area contributed by atoms with Crippen LogP contribution in [-0.2, 0) is 6.42 Å². The standard InChI is InChI=1S/C4H5FN2S/c1-2-3-6-4(5)8-7-3/h2H2,1H3. The minimum atomic E-state index is -0.443. The highest BCUT2D eigenvalue weighted by molar-refractivity contribution is 7.03. The Morgan fingerprint density at radius 1 is 1.75 bits per heavy atom. The van der Waals surface area contributed by atoms with Crippen molar-refractivity contribution < 1.29 is 4.39 Å². The van der Waals surface area contributed by atoms with E-state index in [-0.39, 0.29) is 0 Å². The zero-order valence-corrected chi connectivity index (χ0v) is 5.20. The van der Waals surface area contributed by atoms with Crippen molar-refractivity contribution in [3.63, 3.8) is 0 Å². The van der Waals surface area contributed by atoms with Gasteiger partial charge in [-0.3, -0.25) is 0 Å². The molecule has 4 heteroatoms. The highest BCUT2D eigenvalue weighted by atomic mass is 32.1. The maximum atomic E-state index is 12.0. The second-order valence-electron chi connectivity index (χ2n) is 1.32. The van der Waals surface area contributed by atoms with E-state index >= 15 is 0 Å². The van der Waals surface area contributed by atoms with Crippen molar-refractivity contribution in [3.05, 3.63) is 11.1 Å². The lowest BCUT2D eigenvalue weighted by molar-refractivity contribution is 0.611. The summed E-state index contributed by atoms with van der Waals surface area (Å²) in [6.45, 7) is 1.89. The van der Waals surface area contributed by atoms with E-state index in [9.17, 15) is 4.39 Å². The van der Waals surface area contributed by atoms with Gasteiger partial charge in [0.05, 0.1) is 0 Å². The van der Waals surface area contributed by atoms with Gasteiger partial charge >= 0.3 is 0 Å². The molecular weight excluding hydrogens is 127 g/mol. The Labute approximate surface area is 50.5 Å². The van der Waals surface area contributed by atoms with Crippen LogP contribution in [0, 0.1) is 5.26 Å². The molecule has 0 saturated carbocycles. The first-order valence-electron chi connectivity index (χ1n) is 2.31. The highest BCUT2D eigenvalue weighted by Crippen LogP contribution is 2.00. The maximum Gasteiger partial charge on any atom is 0.288 e. The number of halogens is 1. The highest BCUT2D eigenvalue weighted by Gasteiger charge is 1.96. The molecule has 0 fully saturated rings. The lowest BCUT2D eigenvalue weighted by atomic mass is 10.5. The molecule has 2 nitrogen and oxygen atoms in total. The summed E-state index contributed by atoms with van der Waals surface area (Å²) < 4.78 is 15.6. The number of hydrogen-bond donors (Lipinski definition) is 0. The molecule has 0 radical (unpaired) electrons. The number of rotatable bonds is 1. The minimum Gasteiger partial charge on any atom is -0.193 e. The molecule has 0 amide bonds. The summed E-state index contributed by atoms with van der Waals surface area (Å²) in [7, 11) is 0. The van der Waals surface area contributed by atoms with Crippen LogP contribution in [0.25, 0.3) is 0 Å². The summed E-state index contributed by atoms with van der Waals surface area (Å²) in [5, 5.41) is -0.443. The van der Waals surface area contributed by atoms with Crippen LogP contribution in [-0.4, -0.2) is 9.36 Å². The van der Waals surface area contributed by atoms with Crippen molar-refractivity contribution in [2.75, 3.05) is 0 Å². The van der Waals surface area contributed by atoms with Gasteiger partial charge in [-0.2, -0.15) is 13.7 Å². The smallest absolute Gasteiger partial charge is 0.193 e. The van der Waals surface area contributed by atoms with Crippen LogP contribution in [0.5, 0.6) is 0 Å². The quantitative estimate of drug-likeness (QED) is 0.574. The summed E-state index contributed by atoms with van der Waals surface area (Å²) in [5.74, 6) is 0.590. The summed E-state index contributed by atoms with van der Waals surface area (Å²) >= 11 is 0.801. The van der Waals surface area contributed by atoms with Crippen molar-refractivity contribution >= 4 is 11.5 Å². The third-order valence-corrected chi connectivity index (χ3v) is 1.30. The SMILES string of the molecule is CCc1nsc(F)n1. The molecule has 0 aliphatic heterocycles. The third kappa shape index (κ3) is 1.01. The van der Waals surface area contributed by atoms with Crippen LogP contribution in [0.4, 0.5) is 4.39 Å². The number of aryl methyl sites for hydroxylation is 1. The molecule has 0 atom stereocenters. The second kappa shape index (κ2) is 2.17. The first kappa shape index (κ1) is 5.62. The molecule has 0 bridgehead atoms. The van der Waals surface area contributed by atoms with Gasteiger partial charge in [0.2, 0.25) is 0 Å². The molecule has 1 aromatic heterocycles. The predicted octanol–water partition coefficient (Wildman–Crippen LogP) is 1.24. The summed E-state index contributed by atoms with van der Waals surface area (Å²) in [6, 6.07) is 0. The Balaban J connectivity index is 2.84. The van der Waals surface area contributed by atoms with Crippen LogP contribution < -0.4 is 0 Å². The molecule has 1 rings (SSSR count). The van der Waals surface area contributed by atoms with E-state index in [1.807, 2.05) is 6.92 Å². The molecule has 0 aliphatic rings. The molecular formula is C4H5FN2S. The zero-order chi connectivity index (χ0) is 5.98. The van der Waals surface area contributed by atoms with Crippen molar-refractivity contribution in [1.29, 1.82) is 0 Å². The Morgan fingerprint density at radius 2 is 2.50 bits per heavy atom. The largest absolute Gasteiger partial charge is 0.288 e. The van der Waals surface area contributed by atoms with E-state index in [2.05, 4.69) is 9.36 Å². The van der Waals surface area contributed by atoms with Crippen LogP contribution in [0.3, 0.4) is 0 Å². The van der Waals surface area contributed by atoms with Crippen molar-refractivity contribution in [2.24, 2.45) is 0 Å². The van der Waals surface area contributed by atoms with E-state index < -0.39 is 5.26 Å². The summed E-state index contributed by atoms with van der Waals surface area (Å²) in [6.07, 6.45) is 0.709. The average Bonchev–Trinajstić information content (AvgIpc) is 2.14. The molecule has 0 aromatic carbocycles. The molecule has 1 heterocycles. The van der Waals surface area contributed by atoms with Crippen LogP contribution in [0.2, 0.25) is 0 Å². The molecule has 0 aliphatic carbocycles. The zero-order valence-electron chi connectivity index (χ0n) is 4.39. The van der Waals surface area contributed by atoms with Crippen molar-refractivity contribution in [2.45, 2.75) is 13.3 Å². The Bertz CT molecular complexity index is 174. The normalized spacial score (nSPS) is 9.75. The first-order valence-corrected chi connectivity index (χ1v) is 3.08. The van der Waals surface area contributed by atoms with Gasteiger partial charge in [0, 0.05) is 18.0 Å². The number of nitrogens with zero attached hydrogens (tertiary/aromatic N) is 2. The molecule has 8 heavy (non-hydrogen) atoms. The third-order valence-electron chi connectivity index (χ3n) is 0.760. The fourth-order valence-electron chi connectivity index (χ4n) is 0.376. The van der Waals surface area contributed by atoms with Gasteiger partial charge in [0.1, 0.15) is 5.82 Å². The predicted molar refractivity (Wildman–Crippen MR) is 29.2 cm³/mol. The monoisotopic (exact) mass is 132 g/mol. The molecule has 0 saturated heterocycles. The molecule has 1 aromatic rings. The molecule has 44 valence electrons. The average molecular weight is 132 g/mol. The van der Waals surface area contributed by atoms with Gasteiger partial charge in [-0.1, -0.05) is 6.92 Å². The molecule has 0 spiro atoms. The van der Waals surface area contributed by atoms with Crippen molar-refractivity contribution in [3.8, 4) is 0 Å². The minimum absolute atomic E-state index is 0.443. The van der Waals surface area contributed by atoms with E-state index in [4.69, 9.17) is 0 Å². The first-order chi connectivity index (χ1) is 3.83. The Morgan fingerprint density at radius 3 is 2.75 bits per heavy atom. The van der Waals surface area contributed by atoms with Gasteiger partial charge in [-0.05, 0) is 0 Å². The topological polar surface area (TPSA) is 25.8 Å². The van der Waals surface area contributed by atoms with E-state index in [1.54, 1.807) is 0 Å². The van der Waals surface area contributed by atoms with E-state index in [1.165, 1.54) is 0 Å². The summed E-state index contributed by atoms with van der Waals surface area (Å²) in [4.78, 5) is 3.47. The van der Waals surface area contributed by atoms with Gasteiger partial charge in [-0.15, -0.1) is 0 Å². The van der Waals surface area contributed by atoms with E-state index in [0.29, 0.717) is 12.2 Å². The fourth-order valence-corrected chi connectivity index (χ4v) is 0.873. The van der Waals surface area contributed by atoms with Gasteiger partial charge in [0.15, 0.2) is 0 Å². The van der Waals surface area contributed by atoms with Crippen LogP contribution in [0.15, 0.2) is 0 Å². The van der Waals surface area contributed by atoms with Crippen LogP contribution in [0.1, 0.15) is 12.7 Å². The second-order valence-corrected chi connectivity index (χ2v) is 2.02. The Hall–Kier alpha value is -0.510. The number of hydrogen-bond acceptors (Lipinski definition) is 3. The number of aromatic nitrogens is 2. The molecule has 0 N–H and O–H groups in total. The molecule has 0 unspecified atom stereocenters. The van der Waals surface area contributed by atoms with Gasteiger partial charge in [-0.25, -0.2) is 0 Å². The maximum absolute atomic E-state index is 12.0. The van der Waals surface area contributed by atoms with Crippen molar-refractivity contribution in [1.82, 2.24) is 9.36 Å². The lowest BCUT2D eigenvalue weighted by Gasteiger charge is -1.75. The fraction of sp³-hybridized carbons (Fsp3) is 0.500. The summed E-state index contributed by atoms with van der Waals surface area (Å²) in [5.41, 5.74) is 0. The van der Waals surface area contributed by atoms with Gasteiger partial charge in [0.25, 0.3) is 5.26 Å². The van der Waals surface area contributed by atoms with Gasteiger partial charge < -0.3 is 0 Å².